The maximum absolute atomic E-state index is 11.9. The van der Waals surface area contributed by atoms with Crippen LogP contribution in [-0.4, -0.2) is 30.2 Å². The van der Waals surface area contributed by atoms with Crippen molar-refractivity contribution in [3.05, 3.63) is 29.3 Å². The minimum atomic E-state index is 0.146. The van der Waals surface area contributed by atoms with Gasteiger partial charge in [-0.15, -0.1) is 11.8 Å². The predicted octanol–water partition coefficient (Wildman–Crippen LogP) is 3.23. The van der Waals surface area contributed by atoms with Crippen molar-refractivity contribution in [2.45, 2.75) is 49.0 Å². The molecule has 2 aliphatic rings. The second kappa shape index (κ2) is 4.55. The Morgan fingerprint density at radius 1 is 1.37 bits per heavy atom. The van der Waals surface area contributed by atoms with Crippen LogP contribution in [0.4, 0.5) is 0 Å². The summed E-state index contributed by atoms with van der Waals surface area (Å²) >= 11 is 1.81. The summed E-state index contributed by atoms with van der Waals surface area (Å²) in [6, 6.07) is 7.25. The molecule has 1 amide bonds. The van der Waals surface area contributed by atoms with E-state index in [9.17, 15) is 4.79 Å². The molecule has 3 rings (SSSR count). The van der Waals surface area contributed by atoms with Crippen LogP contribution in [0.1, 0.15) is 37.3 Å². The zero-order chi connectivity index (χ0) is 13.6. The van der Waals surface area contributed by atoms with Gasteiger partial charge < -0.3 is 4.90 Å². The van der Waals surface area contributed by atoms with Gasteiger partial charge in [0, 0.05) is 29.8 Å². The molecule has 102 valence electrons. The van der Waals surface area contributed by atoms with Crippen LogP contribution >= 0.6 is 11.8 Å². The smallest absolute Gasteiger partial charge is 0.222 e. The van der Waals surface area contributed by atoms with Crippen molar-refractivity contribution in [3.8, 4) is 0 Å². The molecule has 1 aliphatic carbocycles. The minimum Gasteiger partial charge on any atom is -0.342 e. The number of fused-ring (bicyclic) bond motifs is 3. The number of thioether (sulfide) groups is 1. The van der Waals surface area contributed by atoms with E-state index in [0.29, 0.717) is 18.4 Å². The summed E-state index contributed by atoms with van der Waals surface area (Å²) in [6.07, 6.45) is 6.01. The van der Waals surface area contributed by atoms with Gasteiger partial charge in [0.15, 0.2) is 0 Å². The molecule has 0 bridgehead atoms. The minimum absolute atomic E-state index is 0.146. The number of likely N-dealkylation sites (N-methyl/N-ethyl adjacent to an activating group) is 1. The molecule has 2 atom stereocenters. The summed E-state index contributed by atoms with van der Waals surface area (Å²) in [5.41, 5.74) is 3.11. The number of aryl methyl sites for hydroxylation is 1. The highest BCUT2D eigenvalue weighted by atomic mass is 32.2. The molecule has 0 saturated carbocycles. The lowest BCUT2D eigenvalue weighted by molar-refractivity contribution is -0.138. The van der Waals surface area contributed by atoms with Crippen molar-refractivity contribution >= 4 is 17.7 Å². The van der Waals surface area contributed by atoms with Crippen molar-refractivity contribution in [1.29, 1.82) is 0 Å². The third kappa shape index (κ3) is 1.90. The van der Waals surface area contributed by atoms with E-state index in [0.717, 1.165) is 19.3 Å². The van der Waals surface area contributed by atoms with Crippen LogP contribution in [0, 0.1) is 0 Å². The topological polar surface area (TPSA) is 20.3 Å². The first-order valence-electron chi connectivity index (χ1n) is 6.99. The summed E-state index contributed by atoms with van der Waals surface area (Å²) in [7, 11) is 1.98. The van der Waals surface area contributed by atoms with Gasteiger partial charge in [-0.2, -0.15) is 0 Å². The predicted molar refractivity (Wildman–Crippen MR) is 79.7 cm³/mol. The summed E-state index contributed by atoms with van der Waals surface area (Å²) in [5.74, 6) is 0.312. The first kappa shape index (κ1) is 13.0. The molecule has 19 heavy (non-hydrogen) atoms. The third-order valence-corrected chi connectivity index (χ3v) is 5.79. The molecule has 2 unspecified atom stereocenters. The van der Waals surface area contributed by atoms with E-state index in [1.165, 1.54) is 16.0 Å². The highest BCUT2D eigenvalue weighted by Gasteiger charge is 2.46. The Morgan fingerprint density at radius 3 is 2.89 bits per heavy atom. The number of hydrogen-bond donors (Lipinski definition) is 0. The highest BCUT2D eigenvalue weighted by molar-refractivity contribution is 7.98. The van der Waals surface area contributed by atoms with Gasteiger partial charge in [0.1, 0.15) is 0 Å². The Balaban J connectivity index is 2.05. The molecule has 0 N–H and O–H groups in total. The number of rotatable bonds is 1. The fraction of sp³-hybridized carbons (Fsp3) is 0.562. The number of nitrogens with zero attached hydrogens (tertiary/aromatic N) is 1. The lowest BCUT2D eigenvalue weighted by Crippen LogP contribution is -2.56. The molecule has 1 fully saturated rings. The Hall–Kier alpha value is -0.960. The number of likely N-dealkylation sites (tertiary alicyclic amines) is 1. The Bertz CT molecular complexity index is 527. The van der Waals surface area contributed by atoms with Gasteiger partial charge in [0.05, 0.1) is 0 Å². The van der Waals surface area contributed by atoms with Crippen molar-refractivity contribution in [2.75, 3.05) is 13.3 Å². The average Bonchev–Trinajstić information content (AvgIpc) is 2.43. The third-order valence-electron chi connectivity index (χ3n) is 5.07. The zero-order valence-corrected chi connectivity index (χ0v) is 12.7. The van der Waals surface area contributed by atoms with Gasteiger partial charge in [-0.3, -0.25) is 4.79 Å². The lowest BCUT2D eigenvalue weighted by Gasteiger charge is -2.50. The van der Waals surface area contributed by atoms with Crippen LogP contribution in [-0.2, 0) is 16.6 Å². The molecule has 0 spiro atoms. The van der Waals surface area contributed by atoms with Gasteiger partial charge in [-0.05, 0) is 48.8 Å². The monoisotopic (exact) mass is 275 g/mol. The summed E-state index contributed by atoms with van der Waals surface area (Å²) in [5, 5.41) is 0. The van der Waals surface area contributed by atoms with Crippen molar-refractivity contribution < 1.29 is 4.79 Å². The van der Waals surface area contributed by atoms with Gasteiger partial charge in [-0.25, -0.2) is 0 Å². The molecule has 1 aliphatic heterocycles. The van der Waals surface area contributed by atoms with E-state index in [4.69, 9.17) is 0 Å². The summed E-state index contributed by atoms with van der Waals surface area (Å²) < 4.78 is 0. The van der Waals surface area contributed by atoms with E-state index in [1.807, 2.05) is 11.9 Å². The first-order valence-corrected chi connectivity index (χ1v) is 8.22. The van der Waals surface area contributed by atoms with Crippen LogP contribution in [0.3, 0.4) is 0 Å². The second-order valence-electron chi connectivity index (χ2n) is 6.00. The Kier molecular flexibility index (Phi) is 3.12. The SMILES string of the molecule is CSc1ccc2c(c1)CCC1N(C)C(=O)CCC21C. The molecule has 3 heteroatoms. The fourth-order valence-corrected chi connectivity index (χ4v) is 4.35. The van der Waals surface area contributed by atoms with E-state index in [2.05, 4.69) is 31.4 Å². The van der Waals surface area contributed by atoms with Gasteiger partial charge in [0.25, 0.3) is 0 Å². The van der Waals surface area contributed by atoms with E-state index >= 15 is 0 Å². The normalized spacial score (nSPS) is 29.9. The van der Waals surface area contributed by atoms with Gasteiger partial charge in [-0.1, -0.05) is 13.0 Å². The van der Waals surface area contributed by atoms with E-state index in [-0.39, 0.29) is 5.41 Å². The molecule has 1 heterocycles. The van der Waals surface area contributed by atoms with E-state index in [1.54, 1.807) is 11.8 Å². The number of benzene rings is 1. The quantitative estimate of drug-likeness (QED) is 0.733. The van der Waals surface area contributed by atoms with Crippen LogP contribution in [0.2, 0.25) is 0 Å². The van der Waals surface area contributed by atoms with Gasteiger partial charge in [0.2, 0.25) is 5.91 Å². The fourth-order valence-electron chi connectivity index (χ4n) is 3.89. The molecule has 2 nitrogen and oxygen atoms in total. The van der Waals surface area contributed by atoms with Crippen molar-refractivity contribution in [3.63, 3.8) is 0 Å². The van der Waals surface area contributed by atoms with Gasteiger partial charge >= 0.3 is 0 Å². The Morgan fingerprint density at radius 2 is 2.16 bits per heavy atom. The highest BCUT2D eigenvalue weighted by Crippen LogP contribution is 2.46. The second-order valence-corrected chi connectivity index (χ2v) is 6.88. The summed E-state index contributed by atoms with van der Waals surface area (Å²) in [4.78, 5) is 15.3. The largest absolute Gasteiger partial charge is 0.342 e. The Labute approximate surface area is 119 Å². The number of carbonyl (C=O) groups is 1. The lowest BCUT2D eigenvalue weighted by atomic mass is 9.63. The zero-order valence-electron chi connectivity index (χ0n) is 11.9. The van der Waals surface area contributed by atoms with Crippen LogP contribution in [0.5, 0.6) is 0 Å². The standard InChI is InChI=1S/C16H21NOS/c1-16-9-8-15(18)17(2)14(16)7-4-11-10-12(19-3)5-6-13(11)16/h5-6,10,14H,4,7-9H2,1-3H3. The molecule has 1 aromatic rings. The van der Waals surface area contributed by atoms with Crippen molar-refractivity contribution in [2.24, 2.45) is 0 Å². The summed E-state index contributed by atoms with van der Waals surface area (Å²) in [6.45, 7) is 2.34. The van der Waals surface area contributed by atoms with Crippen molar-refractivity contribution in [1.82, 2.24) is 4.90 Å². The van der Waals surface area contributed by atoms with E-state index < -0.39 is 0 Å². The number of piperidine rings is 1. The molecular formula is C16H21NOS. The van der Waals surface area contributed by atoms with Crippen LogP contribution < -0.4 is 0 Å². The molecule has 0 radical (unpaired) electrons. The number of carbonyl (C=O) groups excluding carboxylic acids is 1. The molecule has 0 aromatic heterocycles. The molecule has 1 aromatic carbocycles. The maximum atomic E-state index is 11.9. The van der Waals surface area contributed by atoms with Crippen LogP contribution in [0.15, 0.2) is 23.1 Å². The number of hydrogen-bond acceptors (Lipinski definition) is 2. The maximum Gasteiger partial charge on any atom is 0.222 e. The number of amides is 1. The molecule has 1 saturated heterocycles. The first-order chi connectivity index (χ1) is 9.06. The molecular weight excluding hydrogens is 254 g/mol. The van der Waals surface area contributed by atoms with Crippen LogP contribution in [0.25, 0.3) is 0 Å². The average molecular weight is 275 g/mol.